The first kappa shape index (κ1) is 27.7. The van der Waals surface area contributed by atoms with Crippen LogP contribution in [-0.4, -0.2) is 74.0 Å². The summed E-state index contributed by atoms with van der Waals surface area (Å²) in [7, 11) is 3.14. The Morgan fingerprint density at radius 2 is 1.22 bits per heavy atom. The highest BCUT2D eigenvalue weighted by atomic mass is 16.5. The number of amides is 4. The highest BCUT2D eigenvalue weighted by molar-refractivity contribution is 6.22. The minimum Gasteiger partial charge on any atom is -0.497 e. The quantitative estimate of drug-likeness (QED) is 0.328. The Balaban J connectivity index is 1.22. The van der Waals surface area contributed by atoms with Crippen molar-refractivity contribution in [1.82, 2.24) is 9.80 Å². The number of hydrogen-bond acceptors (Lipinski definition) is 8. The molecule has 10 nitrogen and oxygen atoms in total. The fourth-order valence-electron chi connectivity index (χ4n) is 5.08. The number of likely N-dealkylation sites (tertiary alicyclic amines) is 1. The summed E-state index contributed by atoms with van der Waals surface area (Å²) in [6.45, 7) is 2.15. The zero-order chi connectivity index (χ0) is 29.1. The van der Waals surface area contributed by atoms with Gasteiger partial charge in [0.25, 0.3) is 11.8 Å². The maximum absolute atomic E-state index is 13.2. The number of fused-ring (bicyclic) bond motifs is 1. The normalized spacial score (nSPS) is 16.3. The second-order valence-electron chi connectivity index (χ2n) is 9.71. The fourth-order valence-corrected chi connectivity index (χ4v) is 5.08. The van der Waals surface area contributed by atoms with Crippen LogP contribution >= 0.6 is 0 Å². The Kier molecular flexibility index (Phi) is 7.91. The number of imide groups is 2. The van der Waals surface area contributed by atoms with Crippen molar-refractivity contribution < 1.29 is 38.1 Å². The highest BCUT2D eigenvalue weighted by Gasteiger charge is 2.42. The molecule has 0 spiro atoms. The first-order chi connectivity index (χ1) is 19.8. The van der Waals surface area contributed by atoms with Gasteiger partial charge < -0.3 is 18.9 Å². The molecule has 1 atom stereocenters. The van der Waals surface area contributed by atoms with E-state index in [4.69, 9.17) is 18.9 Å². The lowest BCUT2D eigenvalue weighted by atomic mass is 9.91. The molecule has 0 N–H and O–H groups in total. The lowest BCUT2D eigenvalue weighted by Gasteiger charge is -2.16. The van der Waals surface area contributed by atoms with E-state index < -0.39 is 17.7 Å². The van der Waals surface area contributed by atoms with Crippen molar-refractivity contribution in [3.05, 3.63) is 82.9 Å². The second kappa shape index (κ2) is 11.7. The van der Waals surface area contributed by atoms with Gasteiger partial charge in [-0.05, 0) is 72.6 Å². The summed E-state index contributed by atoms with van der Waals surface area (Å²) in [4.78, 5) is 54.6. The van der Waals surface area contributed by atoms with Gasteiger partial charge in [0.1, 0.15) is 36.2 Å². The SMILES string of the molecule is COc1ccc(OCCN2C(=O)c3cc([C@H]4CC(=O)N(CCOc5ccc(OC)cc5)C4=O)cc(C)c3C2=O)cc1. The molecule has 2 aliphatic heterocycles. The van der Waals surface area contributed by atoms with Gasteiger partial charge in [-0.3, -0.25) is 29.0 Å². The van der Waals surface area contributed by atoms with Crippen molar-refractivity contribution >= 4 is 23.6 Å². The van der Waals surface area contributed by atoms with Crippen molar-refractivity contribution in [2.75, 3.05) is 40.5 Å². The molecular formula is C31H30N2O8. The number of carbonyl (C=O) groups excluding carboxylic acids is 4. The third-order valence-electron chi connectivity index (χ3n) is 7.22. The van der Waals surface area contributed by atoms with Crippen molar-refractivity contribution in [1.29, 1.82) is 0 Å². The van der Waals surface area contributed by atoms with Gasteiger partial charge in [-0.15, -0.1) is 0 Å². The predicted molar refractivity (Wildman–Crippen MR) is 148 cm³/mol. The van der Waals surface area contributed by atoms with Gasteiger partial charge in [0, 0.05) is 6.42 Å². The van der Waals surface area contributed by atoms with Crippen LogP contribution in [0.15, 0.2) is 60.7 Å². The molecule has 0 bridgehead atoms. The van der Waals surface area contributed by atoms with Crippen LogP contribution in [0.5, 0.6) is 23.0 Å². The van der Waals surface area contributed by atoms with Gasteiger partial charge in [-0.1, -0.05) is 6.07 Å². The molecule has 5 rings (SSSR count). The van der Waals surface area contributed by atoms with E-state index in [0.29, 0.717) is 39.7 Å². The van der Waals surface area contributed by atoms with Crippen LogP contribution in [0.2, 0.25) is 0 Å². The number of aryl methyl sites for hydroxylation is 1. The zero-order valence-corrected chi connectivity index (χ0v) is 23.0. The second-order valence-corrected chi connectivity index (χ2v) is 9.71. The lowest BCUT2D eigenvalue weighted by Crippen LogP contribution is -2.34. The molecule has 2 heterocycles. The third-order valence-corrected chi connectivity index (χ3v) is 7.22. The minimum atomic E-state index is -0.733. The first-order valence-electron chi connectivity index (χ1n) is 13.2. The first-order valence-corrected chi connectivity index (χ1v) is 13.2. The Labute approximate surface area is 237 Å². The van der Waals surface area contributed by atoms with Gasteiger partial charge in [0.05, 0.1) is 44.4 Å². The molecule has 3 aromatic rings. The molecule has 1 saturated heterocycles. The number of rotatable bonds is 11. The van der Waals surface area contributed by atoms with Crippen LogP contribution in [0.3, 0.4) is 0 Å². The number of carbonyl (C=O) groups is 4. The Bertz CT molecular complexity index is 1480. The predicted octanol–water partition coefficient (Wildman–Crippen LogP) is 3.61. The van der Waals surface area contributed by atoms with Crippen LogP contribution in [0.25, 0.3) is 0 Å². The maximum Gasteiger partial charge on any atom is 0.261 e. The van der Waals surface area contributed by atoms with E-state index in [1.807, 2.05) is 0 Å². The number of hydrogen-bond donors (Lipinski definition) is 0. The standard InChI is InChI=1S/C31H30N2O8/c1-19-16-20(25-18-27(34)32(29(25)35)12-14-40-23-8-4-21(38-2)5-9-23)17-26-28(19)31(37)33(30(26)36)13-15-41-24-10-6-22(39-3)7-11-24/h4-11,16-17,25H,12-15,18H2,1-3H3/t25-/m1/s1. The van der Waals surface area contributed by atoms with E-state index in [1.165, 1.54) is 4.90 Å². The molecule has 41 heavy (non-hydrogen) atoms. The van der Waals surface area contributed by atoms with Crippen LogP contribution in [-0.2, 0) is 9.59 Å². The Morgan fingerprint density at radius 1 is 0.707 bits per heavy atom. The van der Waals surface area contributed by atoms with E-state index in [9.17, 15) is 19.2 Å². The van der Waals surface area contributed by atoms with Gasteiger partial charge in [0.2, 0.25) is 11.8 Å². The summed E-state index contributed by atoms with van der Waals surface area (Å²) >= 11 is 0. The topological polar surface area (TPSA) is 112 Å². The smallest absolute Gasteiger partial charge is 0.261 e. The van der Waals surface area contributed by atoms with E-state index in [1.54, 1.807) is 81.8 Å². The molecule has 212 valence electrons. The number of methoxy groups -OCH3 is 2. The highest BCUT2D eigenvalue weighted by Crippen LogP contribution is 2.35. The summed E-state index contributed by atoms with van der Waals surface area (Å²) in [6.07, 6.45) is -0.0127. The molecule has 0 radical (unpaired) electrons. The van der Waals surface area contributed by atoms with Gasteiger partial charge in [-0.2, -0.15) is 0 Å². The van der Waals surface area contributed by atoms with E-state index in [0.717, 1.165) is 4.90 Å². The van der Waals surface area contributed by atoms with E-state index in [2.05, 4.69) is 0 Å². The summed E-state index contributed by atoms with van der Waals surface area (Å²) in [5.74, 6) is 0.319. The molecule has 0 aromatic heterocycles. The Hall–Kier alpha value is -4.86. The fraction of sp³-hybridized carbons (Fsp3) is 0.290. The van der Waals surface area contributed by atoms with Crippen LogP contribution in [0.1, 0.15) is 44.2 Å². The molecule has 10 heteroatoms. The van der Waals surface area contributed by atoms with Crippen molar-refractivity contribution in [2.45, 2.75) is 19.3 Å². The molecular weight excluding hydrogens is 528 g/mol. The van der Waals surface area contributed by atoms with E-state index in [-0.39, 0.29) is 50.1 Å². The molecule has 0 saturated carbocycles. The maximum atomic E-state index is 13.2. The van der Waals surface area contributed by atoms with Crippen molar-refractivity contribution in [3.63, 3.8) is 0 Å². The molecule has 2 aliphatic rings. The lowest BCUT2D eigenvalue weighted by molar-refractivity contribution is -0.139. The van der Waals surface area contributed by atoms with Crippen LogP contribution in [0.4, 0.5) is 0 Å². The van der Waals surface area contributed by atoms with Crippen LogP contribution < -0.4 is 18.9 Å². The molecule has 4 amide bonds. The largest absolute Gasteiger partial charge is 0.497 e. The van der Waals surface area contributed by atoms with Crippen molar-refractivity contribution in [2.24, 2.45) is 0 Å². The third kappa shape index (κ3) is 5.58. The summed E-state index contributed by atoms with van der Waals surface area (Å²) in [5.41, 5.74) is 1.66. The molecule has 1 fully saturated rings. The zero-order valence-electron chi connectivity index (χ0n) is 23.0. The van der Waals surface area contributed by atoms with Crippen LogP contribution in [0, 0.1) is 6.92 Å². The van der Waals surface area contributed by atoms with Gasteiger partial charge in [0.15, 0.2) is 0 Å². The van der Waals surface area contributed by atoms with Gasteiger partial charge in [-0.25, -0.2) is 0 Å². The summed E-state index contributed by atoms with van der Waals surface area (Å²) in [6, 6.07) is 17.3. The number of ether oxygens (including phenoxy) is 4. The average molecular weight is 559 g/mol. The minimum absolute atomic E-state index is 0.0127. The Morgan fingerprint density at radius 3 is 1.76 bits per heavy atom. The number of benzene rings is 3. The number of nitrogens with zero attached hydrogens (tertiary/aromatic N) is 2. The van der Waals surface area contributed by atoms with Crippen molar-refractivity contribution in [3.8, 4) is 23.0 Å². The summed E-state index contributed by atoms with van der Waals surface area (Å²) in [5, 5.41) is 0. The monoisotopic (exact) mass is 558 g/mol. The molecule has 0 aliphatic carbocycles. The van der Waals surface area contributed by atoms with E-state index >= 15 is 0 Å². The van der Waals surface area contributed by atoms with Gasteiger partial charge >= 0.3 is 0 Å². The molecule has 0 unspecified atom stereocenters. The summed E-state index contributed by atoms with van der Waals surface area (Å²) < 4.78 is 21.6. The average Bonchev–Trinajstić information content (AvgIpc) is 3.40. The molecule has 3 aromatic carbocycles.